The number of likely N-dealkylation sites (tertiary alicyclic amines) is 1. The number of carbonyl (C=O) groups excluding carboxylic acids is 1. The predicted octanol–water partition coefficient (Wildman–Crippen LogP) is 3.35. The number of hydrogen-bond acceptors (Lipinski definition) is 5. The first-order valence-electron chi connectivity index (χ1n) is 10.7. The van der Waals surface area contributed by atoms with Crippen molar-refractivity contribution in [3.63, 3.8) is 0 Å². The number of rotatable bonds is 4. The molecule has 0 aromatic carbocycles. The van der Waals surface area contributed by atoms with Gasteiger partial charge in [-0.2, -0.15) is 0 Å². The van der Waals surface area contributed by atoms with Crippen LogP contribution in [-0.4, -0.2) is 56.2 Å². The van der Waals surface area contributed by atoms with Crippen LogP contribution < -0.4 is 10.6 Å². The highest BCUT2D eigenvalue weighted by Crippen LogP contribution is 2.45. The number of nitrogens with one attached hydrogen (secondary N) is 2. The van der Waals surface area contributed by atoms with Crippen molar-refractivity contribution in [3.8, 4) is 0 Å². The van der Waals surface area contributed by atoms with Gasteiger partial charge in [0.05, 0.1) is 11.5 Å². The summed E-state index contributed by atoms with van der Waals surface area (Å²) in [7, 11) is 0. The van der Waals surface area contributed by atoms with Crippen LogP contribution in [0.3, 0.4) is 0 Å². The molecule has 0 radical (unpaired) electrons. The molecular formula is C21H33Cl2N3O2S. The normalized spacial score (nSPS) is 26.1. The molecule has 1 amide bonds. The lowest BCUT2D eigenvalue weighted by Crippen LogP contribution is -2.48. The SMILES string of the molecule is Cl.Cl.O=C(NC1CC1)c1cc2c(s1)C1(CCN(CC3CCCNC3)CC1)OCC2. The standard InChI is InChI=1S/C21H31N3O2S.2ClH/c25-20(23-17-3-4-17)18-12-16-5-11-26-21(19(16)27-18)6-9-24(10-7-21)14-15-2-1-8-22-13-15;;/h12,15,17,22H,1-11,13-14H2,(H,23,25);2*1H. The minimum Gasteiger partial charge on any atom is -0.369 e. The Morgan fingerprint density at radius 2 is 2.07 bits per heavy atom. The van der Waals surface area contributed by atoms with Gasteiger partial charge in [-0.3, -0.25) is 4.79 Å². The molecule has 29 heavy (non-hydrogen) atoms. The van der Waals surface area contributed by atoms with Crippen molar-refractivity contribution in [2.24, 2.45) is 5.92 Å². The Hall–Kier alpha value is -0.370. The molecule has 1 aliphatic carbocycles. The van der Waals surface area contributed by atoms with Crippen LogP contribution in [-0.2, 0) is 16.8 Å². The molecule has 2 N–H and O–H groups in total. The highest BCUT2D eigenvalue weighted by molar-refractivity contribution is 7.14. The fourth-order valence-corrected chi connectivity index (χ4v) is 6.25. The number of ether oxygens (including phenoxy) is 1. The van der Waals surface area contributed by atoms with Crippen LogP contribution in [0.15, 0.2) is 6.07 Å². The van der Waals surface area contributed by atoms with Crippen LogP contribution in [0.4, 0.5) is 0 Å². The average Bonchev–Trinajstić information content (AvgIpc) is 3.39. The van der Waals surface area contributed by atoms with Gasteiger partial charge < -0.3 is 20.3 Å². The van der Waals surface area contributed by atoms with Crippen LogP contribution in [0.5, 0.6) is 0 Å². The van der Waals surface area contributed by atoms with E-state index in [0.29, 0.717) is 6.04 Å². The molecule has 1 aromatic heterocycles. The van der Waals surface area contributed by atoms with Crippen LogP contribution in [0.2, 0.25) is 0 Å². The molecule has 1 spiro atoms. The van der Waals surface area contributed by atoms with E-state index in [1.165, 1.54) is 42.9 Å². The summed E-state index contributed by atoms with van der Waals surface area (Å²) in [6, 6.07) is 2.56. The molecule has 4 heterocycles. The molecule has 0 bridgehead atoms. The Balaban J connectivity index is 0.00000120. The number of hydrogen-bond donors (Lipinski definition) is 2. The van der Waals surface area contributed by atoms with E-state index in [1.807, 2.05) is 0 Å². The Morgan fingerprint density at radius 3 is 2.76 bits per heavy atom. The predicted molar refractivity (Wildman–Crippen MR) is 122 cm³/mol. The van der Waals surface area contributed by atoms with Crippen molar-refractivity contribution in [2.45, 2.75) is 56.6 Å². The molecule has 164 valence electrons. The second-order valence-corrected chi connectivity index (χ2v) is 9.87. The van der Waals surface area contributed by atoms with Gasteiger partial charge in [0.1, 0.15) is 5.60 Å². The maximum atomic E-state index is 12.5. The summed E-state index contributed by atoms with van der Waals surface area (Å²) < 4.78 is 6.40. The summed E-state index contributed by atoms with van der Waals surface area (Å²) in [5.41, 5.74) is 1.22. The van der Waals surface area contributed by atoms with E-state index in [1.54, 1.807) is 11.3 Å². The maximum Gasteiger partial charge on any atom is 0.261 e. The Kier molecular flexibility index (Phi) is 7.90. The van der Waals surface area contributed by atoms with Gasteiger partial charge in [0.2, 0.25) is 0 Å². The minimum absolute atomic E-state index is 0. The molecule has 1 atom stereocenters. The maximum absolute atomic E-state index is 12.5. The smallest absolute Gasteiger partial charge is 0.261 e. The van der Waals surface area contributed by atoms with E-state index in [2.05, 4.69) is 21.6 Å². The Morgan fingerprint density at radius 1 is 1.28 bits per heavy atom. The van der Waals surface area contributed by atoms with Crippen molar-refractivity contribution in [1.29, 1.82) is 0 Å². The Labute approximate surface area is 190 Å². The van der Waals surface area contributed by atoms with Crippen LogP contribution in [0.25, 0.3) is 0 Å². The number of nitrogens with zero attached hydrogens (tertiary/aromatic N) is 1. The average molecular weight is 462 g/mol. The largest absolute Gasteiger partial charge is 0.369 e. The van der Waals surface area contributed by atoms with E-state index in [-0.39, 0.29) is 36.3 Å². The fourth-order valence-electron chi connectivity index (χ4n) is 4.93. The molecular weight excluding hydrogens is 429 g/mol. The molecule has 5 rings (SSSR count). The number of halogens is 2. The monoisotopic (exact) mass is 461 g/mol. The third-order valence-electron chi connectivity index (χ3n) is 6.69. The molecule has 1 saturated carbocycles. The van der Waals surface area contributed by atoms with Gasteiger partial charge in [0, 0.05) is 30.6 Å². The van der Waals surface area contributed by atoms with Crippen molar-refractivity contribution in [1.82, 2.24) is 15.5 Å². The summed E-state index contributed by atoms with van der Waals surface area (Å²) in [6.45, 7) is 6.59. The summed E-state index contributed by atoms with van der Waals surface area (Å²) in [5.74, 6) is 0.921. The fraction of sp³-hybridized carbons (Fsp3) is 0.762. The van der Waals surface area contributed by atoms with Gasteiger partial charge in [-0.1, -0.05) is 0 Å². The topological polar surface area (TPSA) is 53.6 Å². The van der Waals surface area contributed by atoms with Crippen molar-refractivity contribution in [3.05, 3.63) is 21.4 Å². The third kappa shape index (κ3) is 5.10. The zero-order valence-corrected chi connectivity index (χ0v) is 19.4. The van der Waals surface area contributed by atoms with E-state index >= 15 is 0 Å². The molecule has 4 aliphatic rings. The van der Waals surface area contributed by atoms with E-state index in [9.17, 15) is 4.79 Å². The van der Waals surface area contributed by atoms with Crippen molar-refractivity contribution < 1.29 is 9.53 Å². The highest BCUT2D eigenvalue weighted by atomic mass is 35.5. The molecule has 1 aromatic rings. The number of piperidine rings is 2. The third-order valence-corrected chi connectivity index (χ3v) is 8.05. The Bertz CT molecular complexity index is 696. The molecule has 2 saturated heterocycles. The zero-order chi connectivity index (χ0) is 18.3. The first-order chi connectivity index (χ1) is 13.2. The van der Waals surface area contributed by atoms with E-state index in [4.69, 9.17) is 4.74 Å². The van der Waals surface area contributed by atoms with E-state index < -0.39 is 0 Å². The minimum atomic E-state index is -0.141. The number of amides is 1. The number of thiophene rings is 1. The zero-order valence-electron chi connectivity index (χ0n) is 16.9. The highest BCUT2D eigenvalue weighted by Gasteiger charge is 2.43. The summed E-state index contributed by atoms with van der Waals surface area (Å²) in [5, 5.41) is 6.68. The van der Waals surface area contributed by atoms with Crippen LogP contribution in [0.1, 0.15) is 58.6 Å². The van der Waals surface area contributed by atoms with Crippen LogP contribution in [0, 0.1) is 5.92 Å². The van der Waals surface area contributed by atoms with Gasteiger partial charge in [-0.15, -0.1) is 36.2 Å². The summed E-state index contributed by atoms with van der Waals surface area (Å²) >= 11 is 1.69. The van der Waals surface area contributed by atoms with Gasteiger partial charge in [-0.05, 0) is 75.6 Å². The van der Waals surface area contributed by atoms with Crippen LogP contribution >= 0.6 is 36.2 Å². The first-order valence-corrected chi connectivity index (χ1v) is 11.5. The lowest BCUT2D eigenvalue weighted by atomic mass is 9.84. The van der Waals surface area contributed by atoms with E-state index in [0.717, 1.165) is 62.6 Å². The first kappa shape index (κ1) is 23.3. The second-order valence-electron chi connectivity index (χ2n) is 8.82. The van der Waals surface area contributed by atoms with Crippen molar-refractivity contribution in [2.75, 3.05) is 39.3 Å². The number of carbonyl (C=O) groups is 1. The molecule has 8 heteroatoms. The summed E-state index contributed by atoms with van der Waals surface area (Å²) in [6.07, 6.45) is 8.01. The van der Waals surface area contributed by atoms with Gasteiger partial charge in [-0.25, -0.2) is 0 Å². The molecule has 3 fully saturated rings. The van der Waals surface area contributed by atoms with Crippen molar-refractivity contribution >= 4 is 42.1 Å². The molecule has 1 unspecified atom stereocenters. The lowest BCUT2D eigenvalue weighted by Gasteiger charge is -2.44. The second kappa shape index (κ2) is 9.84. The van der Waals surface area contributed by atoms with Gasteiger partial charge >= 0.3 is 0 Å². The molecule has 5 nitrogen and oxygen atoms in total. The lowest BCUT2D eigenvalue weighted by molar-refractivity contribution is -0.0965. The van der Waals surface area contributed by atoms with Gasteiger partial charge in [0.15, 0.2) is 0 Å². The van der Waals surface area contributed by atoms with Gasteiger partial charge in [0.25, 0.3) is 5.91 Å². The summed E-state index contributed by atoms with van der Waals surface area (Å²) in [4.78, 5) is 17.4. The quantitative estimate of drug-likeness (QED) is 0.721. The molecule has 3 aliphatic heterocycles. The number of fused-ring (bicyclic) bond motifs is 2.